The molecule has 0 saturated heterocycles. The summed E-state index contributed by atoms with van der Waals surface area (Å²) in [5, 5.41) is 0. The van der Waals surface area contributed by atoms with Crippen LogP contribution in [0.25, 0.3) is 0 Å². The van der Waals surface area contributed by atoms with E-state index in [1.165, 1.54) is 19.8 Å². The summed E-state index contributed by atoms with van der Waals surface area (Å²) in [4.78, 5) is 11.1. The molecule has 1 saturated carbocycles. The van der Waals surface area contributed by atoms with Crippen LogP contribution in [0.1, 0.15) is 67.7 Å². The fraction of sp³-hybridized carbons (Fsp3) is 0.933. The van der Waals surface area contributed by atoms with Crippen molar-refractivity contribution in [1.82, 2.24) is 0 Å². The average molecular weight is 242 g/mol. The lowest BCUT2D eigenvalue weighted by molar-refractivity contribution is -0.163. The topological polar surface area (TPSA) is 26.3 Å². The van der Waals surface area contributed by atoms with Crippen molar-refractivity contribution in [3.63, 3.8) is 0 Å². The summed E-state index contributed by atoms with van der Waals surface area (Å²) >= 11 is 0. The normalized spacial score (nSPS) is 31.1. The minimum Gasteiger partial charge on any atom is -0.459 e. The number of rotatable bonds is 3. The van der Waals surface area contributed by atoms with E-state index in [1.807, 2.05) is 13.8 Å². The first-order valence-corrected chi connectivity index (χ1v) is 7.08. The molecule has 1 aliphatic carbocycles. The van der Waals surface area contributed by atoms with Gasteiger partial charge in [0.15, 0.2) is 0 Å². The molecule has 2 nitrogen and oxygen atoms in total. The van der Waals surface area contributed by atoms with Gasteiger partial charge < -0.3 is 4.74 Å². The van der Waals surface area contributed by atoms with E-state index in [-0.39, 0.29) is 11.6 Å². The van der Waals surface area contributed by atoms with Gasteiger partial charge in [0.1, 0.15) is 5.60 Å². The molecule has 0 radical (unpaired) electrons. The molecule has 1 fully saturated rings. The third kappa shape index (κ3) is 4.33. The second-order valence-electron chi connectivity index (χ2n) is 5.42. The molecular formula is C15H30O2. The molecule has 17 heavy (non-hydrogen) atoms. The van der Waals surface area contributed by atoms with Crippen LogP contribution < -0.4 is 0 Å². The quantitative estimate of drug-likeness (QED) is 0.684. The molecule has 4 unspecified atom stereocenters. The number of ether oxygens (including phenoxy) is 1. The Morgan fingerprint density at radius 3 is 2.12 bits per heavy atom. The first kappa shape index (κ1) is 16.5. The van der Waals surface area contributed by atoms with Crippen molar-refractivity contribution in [3.8, 4) is 0 Å². The molecule has 0 aliphatic heterocycles. The van der Waals surface area contributed by atoms with E-state index in [2.05, 4.69) is 27.7 Å². The van der Waals surface area contributed by atoms with Crippen LogP contribution in [0.5, 0.6) is 0 Å². The van der Waals surface area contributed by atoms with E-state index < -0.39 is 0 Å². The van der Waals surface area contributed by atoms with E-state index in [9.17, 15) is 4.79 Å². The van der Waals surface area contributed by atoms with Crippen molar-refractivity contribution in [1.29, 1.82) is 0 Å². The molecule has 0 aromatic heterocycles. The zero-order chi connectivity index (χ0) is 13.6. The molecule has 0 bridgehead atoms. The average Bonchev–Trinajstić information content (AvgIpc) is 2.60. The third-order valence-electron chi connectivity index (χ3n) is 3.98. The largest absolute Gasteiger partial charge is 0.459 e. The monoisotopic (exact) mass is 242 g/mol. The van der Waals surface area contributed by atoms with Gasteiger partial charge in [-0.3, -0.25) is 4.79 Å². The van der Waals surface area contributed by atoms with E-state index in [4.69, 9.17) is 4.74 Å². The van der Waals surface area contributed by atoms with Crippen molar-refractivity contribution in [2.45, 2.75) is 73.3 Å². The SMILES string of the molecule is CC.CCC(C)(OC(C)=O)C1CC(C)CC1C. The Morgan fingerprint density at radius 1 is 1.29 bits per heavy atom. The van der Waals surface area contributed by atoms with Crippen molar-refractivity contribution < 1.29 is 9.53 Å². The van der Waals surface area contributed by atoms with Crippen molar-refractivity contribution >= 4 is 5.97 Å². The molecular weight excluding hydrogens is 212 g/mol. The first-order chi connectivity index (χ1) is 7.89. The van der Waals surface area contributed by atoms with Gasteiger partial charge >= 0.3 is 5.97 Å². The molecule has 0 spiro atoms. The highest BCUT2D eigenvalue weighted by Crippen LogP contribution is 2.44. The van der Waals surface area contributed by atoms with Gasteiger partial charge in [-0.15, -0.1) is 0 Å². The van der Waals surface area contributed by atoms with Gasteiger partial charge in [-0.2, -0.15) is 0 Å². The molecule has 1 aliphatic rings. The highest BCUT2D eigenvalue weighted by atomic mass is 16.6. The molecule has 0 aromatic rings. The molecule has 2 heteroatoms. The van der Waals surface area contributed by atoms with Crippen LogP contribution in [0.15, 0.2) is 0 Å². The van der Waals surface area contributed by atoms with E-state index in [1.54, 1.807) is 0 Å². The maximum absolute atomic E-state index is 11.1. The molecule has 4 atom stereocenters. The van der Waals surface area contributed by atoms with Crippen molar-refractivity contribution in [3.05, 3.63) is 0 Å². The summed E-state index contributed by atoms with van der Waals surface area (Å²) < 4.78 is 5.55. The molecule has 0 aromatic carbocycles. The summed E-state index contributed by atoms with van der Waals surface area (Å²) in [5.41, 5.74) is -0.254. The summed E-state index contributed by atoms with van der Waals surface area (Å²) in [6.07, 6.45) is 3.37. The van der Waals surface area contributed by atoms with Crippen molar-refractivity contribution in [2.75, 3.05) is 0 Å². The number of carbonyl (C=O) groups excluding carboxylic acids is 1. The van der Waals surface area contributed by atoms with Gasteiger partial charge in [-0.1, -0.05) is 34.6 Å². The van der Waals surface area contributed by atoms with E-state index >= 15 is 0 Å². The third-order valence-corrected chi connectivity index (χ3v) is 3.98. The van der Waals surface area contributed by atoms with Gasteiger partial charge in [-0.25, -0.2) is 0 Å². The molecule has 0 heterocycles. The Bertz CT molecular complexity index is 237. The predicted molar refractivity (Wildman–Crippen MR) is 72.9 cm³/mol. The minimum absolute atomic E-state index is 0.147. The zero-order valence-corrected chi connectivity index (χ0v) is 12.7. The van der Waals surface area contributed by atoms with Gasteiger partial charge in [-0.05, 0) is 38.0 Å². The Kier molecular flexibility index (Phi) is 6.81. The van der Waals surface area contributed by atoms with Crippen molar-refractivity contribution in [2.24, 2.45) is 17.8 Å². The maximum Gasteiger partial charge on any atom is 0.303 e. The lowest BCUT2D eigenvalue weighted by atomic mass is 9.80. The minimum atomic E-state index is -0.254. The summed E-state index contributed by atoms with van der Waals surface area (Å²) in [5.74, 6) is 1.82. The number of hydrogen-bond donors (Lipinski definition) is 0. The lowest BCUT2D eigenvalue weighted by Gasteiger charge is -2.36. The fourth-order valence-corrected chi connectivity index (χ4v) is 3.15. The Labute approximate surface area is 107 Å². The number of hydrogen-bond acceptors (Lipinski definition) is 2. The van der Waals surface area contributed by atoms with Crippen LogP contribution in [0.2, 0.25) is 0 Å². The van der Waals surface area contributed by atoms with Crippen LogP contribution in [0.3, 0.4) is 0 Å². The van der Waals surface area contributed by atoms with Gasteiger partial charge in [0.2, 0.25) is 0 Å². The molecule has 0 amide bonds. The van der Waals surface area contributed by atoms with Crippen LogP contribution in [-0.2, 0) is 9.53 Å². The number of carbonyl (C=O) groups is 1. The Hall–Kier alpha value is -0.530. The molecule has 1 rings (SSSR count). The smallest absolute Gasteiger partial charge is 0.303 e. The Balaban J connectivity index is 0.00000121. The highest BCUT2D eigenvalue weighted by Gasteiger charge is 2.43. The fourth-order valence-electron chi connectivity index (χ4n) is 3.15. The second-order valence-corrected chi connectivity index (χ2v) is 5.42. The maximum atomic E-state index is 11.1. The first-order valence-electron chi connectivity index (χ1n) is 7.08. The van der Waals surface area contributed by atoms with Crippen LogP contribution in [0.4, 0.5) is 0 Å². The highest BCUT2D eigenvalue weighted by molar-refractivity contribution is 5.66. The lowest BCUT2D eigenvalue weighted by Crippen LogP contribution is -2.40. The van der Waals surface area contributed by atoms with Crippen LogP contribution in [0, 0.1) is 17.8 Å². The summed E-state index contributed by atoms with van der Waals surface area (Å²) in [6.45, 7) is 14.3. The van der Waals surface area contributed by atoms with Gasteiger partial charge in [0.25, 0.3) is 0 Å². The molecule has 102 valence electrons. The zero-order valence-electron chi connectivity index (χ0n) is 12.7. The van der Waals surface area contributed by atoms with E-state index in [0.717, 1.165) is 12.3 Å². The second kappa shape index (κ2) is 7.03. The summed E-state index contributed by atoms with van der Waals surface area (Å²) in [7, 11) is 0. The molecule has 0 N–H and O–H groups in total. The van der Waals surface area contributed by atoms with Gasteiger partial charge in [0, 0.05) is 12.8 Å². The van der Waals surface area contributed by atoms with Crippen LogP contribution in [-0.4, -0.2) is 11.6 Å². The van der Waals surface area contributed by atoms with Gasteiger partial charge in [0.05, 0.1) is 0 Å². The number of esters is 1. The summed E-state index contributed by atoms with van der Waals surface area (Å²) in [6, 6.07) is 0. The Morgan fingerprint density at radius 2 is 1.82 bits per heavy atom. The standard InChI is InChI=1S/C13H24O2.C2H6/c1-6-13(5,15-11(4)14)12-8-9(2)7-10(12)3;1-2/h9-10,12H,6-8H2,1-5H3;1-2H3. The van der Waals surface area contributed by atoms with E-state index in [0.29, 0.717) is 11.8 Å². The predicted octanol–water partition coefficient (Wildman–Crippen LogP) is 4.43. The van der Waals surface area contributed by atoms with Crippen LogP contribution >= 0.6 is 0 Å².